The van der Waals surface area contributed by atoms with E-state index in [1.54, 1.807) is 0 Å². The zero-order chi connectivity index (χ0) is 15.1. The summed E-state index contributed by atoms with van der Waals surface area (Å²) >= 11 is 5.68. The van der Waals surface area contributed by atoms with Gasteiger partial charge in [0.05, 0.1) is 0 Å². The van der Waals surface area contributed by atoms with E-state index in [4.69, 9.17) is 12.2 Å². The number of hydrogen-bond acceptors (Lipinski definition) is 1. The monoisotopic (exact) mass is 302 g/mol. The van der Waals surface area contributed by atoms with Gasteiger partial charge in [0, 0.05) is 19.1 Å². The molecular weight excluding hydrogens is 276 g/mol. The van der Waals surface area contributed by atoms with Crippen LogP contribution in [0.25, 0.3) is 0 Å². The molecule has 3 rings (SSSR count). The minimum atomic E-state index is 0.435. The molecule has 2 atom stereocenters. The van der Waals surface area contributed by atoms with Crippen molar-refractivity contribution in [2.45, 2.75) is 52.6 Å². The molecule has 0 amide bonds. The highest BCUT2D eigenvalue weighted by atomic mass is 32.1. The summed E-state index contributed by atoms with van der Waals surface area (Å²) in [4.78, 5) is 2.45. The summed E-state index contributed by atoms with van der Waals surface area (Å²) in [6.45, 7) is 9.17. The fourth-order valence-electron chi connectivity index (χ4n) is 4.57. The van der Waals surface area contributed by atoms with Crippen LogP contribution in [0.3, 0.4) is 0 Å². The molecule has 114 valence electrons. The number of thiocarbonyl (C=S) groups is 1. The van der Waals surface area contributed by atoms with Crippen molar-refractivity contribution < 1.29 is 0 Å². The first-order valence-electron chi connectivity index (χ1n) is 7.95. The van der Waals surface area contributed by atoms with Crippen molar-refractivity contribution in [1.29, 1.82) is 0 Å². The second-order valence-corrected chi connectivity index (χ2v) is 8.37. The van der Waals surface area contributed by atoms with Crippen LogP contribution in [-0.4, -0.2) is 22.6 Å². The molecule has 1 aliphatic carbocycles. The lowest BCUT2D eigenvalue weighted by atomic mass is 9.65. The van der Waals surface area contributed by atoms with Crippen LogP contribution in [-0.2, 0) is 6.54 Å². The lowest BCUT2D eigenvalue weighted by molar-refractivity contribution is 0.132. The van der Waals surface area contributed by atoms with Gasteiger partial charge in [-0.3, -0.25) is 0 Å². The molecule has 2 aliphatic rings. The van der Waals surface area contributed by atoms with Gasteiger partial charge in [0.25, 0.3) is 0 Å². The molecule has 3 heteroatoms. The first-order valence-corrected chi connectivity index (χ1v) is 8.36. The van der Waals surface area contributed by atoms with Crippen LogP contribution in [0.2, 0.25) is 0 Å². The summed E-state index contributed by atoms with van der Waals surface area (Å²) < 4.78 is 0. The minimum Gasteiger partial charge on any atom is -0.358 e. The van der Waals surface area contributed by atoms with Gasteiger partial charge < -0.3 is 10.2 Å². The van der Waals surface area contributed by atoms with Gasteiger partial charge >= 0.3 is 0 Å². The van der Waals surface area contributed by atoms with Crippen molar-refractivity contribution in [2.24, 2.45) is 10.8 Å². The number of nitrogens with one attached hydrogen (secondary N) is 1. The van der Waals surface area contributed by atoms with Gasteiger partial charge in [-0.05, 0) is 47.9 Å². The average molecular weight is 302 g/mol. The zero-order valence-corrected chi connectivity index (χ0v) is 14.2. The number of likely N-dealkylation sites (tertiary alicyclic amines) is 1. The van der Waals surface area contributed by atoms with E-state index in [2.05, 4.69) is 55.3 Å². The Bertz CT molecular complexity index is 525. The molecule has 0 radical (unpaired) electrons. The van der Waals surface area contributed by atoms with Gasteiger partial charge in [0.2, 0.25) is 0 Å². The maximum Gasteiger partial charge on any atom is 0.169 e. The first-order chi connectivity index (χ1) is 9.87. The first kappa shape index (κ1) is 14.8. The largest absolute Gasteiger partial charge is 0.358 e. The summed E-state index contributed by atoms with van der Waals surface area (Å²) in [5.41, 5.74) is 2.17. The van der Waals surface area contributed by atoms with E-state index in [0.29, 0.717) is 16.9 Å². The fraction of sp³-hybridized carbons (Fsp3) is 0.611. The Morgan fingerprint density at radius 3 is 2.67 bits per heavy atom. The second-order valence-electron chi connectivity index (χ2n) is 7.99. The molecule has 2 bridgehead atoms. The molecule has 2 fully saturated rings. The van der Waals surface area contributed by atoms with E-state index >= 15 is 0 Å². The average Bonchev–Trinajstić information content (AvgIpc) is 2.66. The van der Waals surface area contributed by atoms with E-state index < -0.39 is 0 Å². The van der Waals surface area contributed by atoms with Crippen molar-refractivity contribution in [3.8, 4) is 0 Å². The third-order valence-electron chi connectivity index (χ3n) is 4.96. The summed E-state index contributed by atoms with van der Waals surface area (Å²) in [7, 11) is 0. The molecule has 0 spiro atoms. The Morgan fingerprint density at radius 1 is 1.24 bits per heavy atom. The van der Waals surface area contributed by atoms with Crippen LogP contribution < -0.4 is 5.32 Å². The highest BCUT2D eigenvalue weighted by Gasteiger charge is 2.50. The Labute approximate surface area is 133 Å². The minimum absolute atomic E-state index is 0.435. The maximum absolute atomic E-state index is 5.68. The summed E-state index contributed by atoms with van der Waals surface area (Å²) in [6.07, 6.45) is 3.87. The van der Waals surface area contributed by atoms with Crippen LogP contribution in [0.5, 0.6) is 0 Å². The summed E-state index contributed by atoms with van der Waals surface area (Å²) in [5, 5.41) is 4.39. The molecule has 1 aromatic carbocycles. The van der Waals surface area contributed by atoms with Crippen LogP contribution >= 0.6 is 12.2 Å². The van der Waals surface area contributed by atoms with E-state index in [9.17, 15) is 0 Å². The van der Waals surface area contributed by atoms with Crippen molar-refractivity contribution in [3.05, 3.63) is 35.9 Å². The molecule has 1 aliphatic heterocycles. The van der Waals surface area contributed by atoms with Gasteiger partial charge in [-0.15, -0.1) is 0 Å². The fourth-order valence-corrected chi connectivity index (χ4v) is 4.86. The van der Waals surface area contributed by atoms with Gasteiger partial charge in [-0.1, -0.05) is 51.1 Å². The van der Waals surface area contributed by atoms with E-state index in [1.807, 2.05) is 6.07 Å². The van der Waals surface area contributed by atoms with Gasteiger partial charge in [0.15, 0.2) is 5.11 Å². The van der Waals surface area contributed by atoms with Crippen LogP contribution in [0.1, 0.15) is 45.6 Å². The van der Waals surface area contributed by atoms with Crippen LogP contribution in [0.4, 0.5) is 0 Å². The topological polar surface area (TPSA) is 15.3 Å². The van der Waals surface area contributed by atoms with E-state index in [1.165, 1.54) is 24.8 Å². The van der Waals surface area contributed by atoms with Crippen LogP contribution in [0.15, 0.2) is 30.3 Å². The molecule has 21 heavy (non-hydrogen) atoms. The third-order valence-corrected chi connectivity index (χ3v) is 5.34. The number of nitrogens with zero attached hydrogens (tertiary/aromatic N) is 1. The number of fused-ring (bicyclic) bond motifs is 2. The highest BCUT2D eigenvalue weighted by Crippen LogP contribution is 2.52. The lowest BCUT2D eigenvalue weighted by Crippen LogP contribution is -2.43. The highest BCUT2D eigenvalue weighted by molar-refractivity contribution is 7.80. The molecule has 0 unspecified atom stereocenters. The predicted molar refractivity (Wildman–Crippen MR) is 92.1 cm³/mol. The summed E-state index contributed by atoms with van der Waals surface area (Å²) in [5.74, 6) is 0. The summed E-state index contributed by atoms with van der Waals surface area (Å²) in [6, 6.07) is 11.1. The van der Waals surface area contributed by atoms with Crippen LogP contribution in [0, 0.1) is 10.8 Å². The molecule has 1 aromatic rings. The number of benzene rings is 1. The maximum atomic E-state index is 5.68. The van der Waals surface area contributed by atoms with E-state index in [0.717, 1.165) is 18.2 Å². The van der Waals surface area contributed by atoms with Crippen molar-refractivity contribution in [3.63, 3.8) is 0 Å². The Balaban J connectivity index is 1.64. The zero-order valence-electron chi connectivity index (χ0n) is 13.4. The third kappa shape index (κ3) is 3.23. The van der Waals surface area contributed by atoms with Crippen molar-refractivity contribution >= 4 is 17.3 Å². The smallest absolute Gasteiger partial charge is 0.169 e. The second kappa shape index (κ2) is 5.28. The van der Waals surface area contributed by atoms with Crippen molar-refractivity contribution in [2.75, 3.05) is 6.54 Å². The molecule has 1 saturated heterocycles. The van der Waals surface area contributed by atoms with Gasteiger partial charge in [-0.2, -0.15) is 0 Å². The number of hydrogen-bond donors (Lipinski definition) is 1. The normalized spacial score (nSPS) is 30.2. The van der Waals surface area contributed by atoms with Gasteiger partial charge in [-0.25, -0.2) is 0 Å². The predicted octanol–water partition coefficient (Wildman–Crippen LogP) is 3.96. The molecule has 1 saturated carbocycles. The Kier molecular flexibility index (Phi) is 3.73. The van der Waals surface area contributed by atoms with Crippen molar-refractivity contribution in [1.82, 2.24) is 10.2 Å². The molecular formula is C18H26N2S. The molecule has 1 N–H and O–H groups in total. The SMILES string of the molecule is CC1(C)C[C@@H]2C[C@@](C)(CN2C(=S)NCc2ccccc2)C1. The lowest BCUT2D eigenvalue weighted by Gasteiger charge is -2.39. The van der Waals surface area contributed by atoms with Gasteiger partial charge in [0.1, 0.15) is 0 Å². The quantitative estimate of drug-likeness (QED) is 0.832. The Morgan fingerprint density at radius 2 is 1.95 bits per heavy atom. The molecule has 0 aromatic heterocycles. The Hall–Kier alpha value is -1.09. The number of rotatable bonds is 2. The molecule has 2 nitrogen and oxygen atoms in total. The molecule has 1 heterocycles. The van der Waals surface area contributed by atoms with E-state index in [-0.39, 0.29) is 0 Å². The standard InChI is InChI=1S/C18H26N2S/c1-17(2)9-15-10-18(3,12-17)13-20(15)16(21)19-11-14-7-5-4-6-8-14/h4-8,15H,9-13H2,1-3H3,(H,19,21)/t15-,18-/m1/s1.